The average molecular weight is 365 g/mol. The molecule has 0 atom stereocenters. The maximum Gasteiger partial charge on any atom is 0.393 e. The van der Waals surface area contributed by atoms with Gasteiger partial charge < -0.3 is 11.1 Å². The third-order valence-electron chi connectivity index (χ3n) is 4.50. The van der Waals surface area contributed by atoms with Gasteiger partial charge in [0.1, 0.15) is 0 Å². The largest absolute Gasteiger partial charge is 0.393 e. The second kappa shape index (κ2) is 8.72. The Morgan fingerprint density at radius 2 is 1.88 bits per heavy atom. The highest BCUT2D eigenvalue weighted by molar-refractivity contribution is 5.91. The second-order valence-electron chi connectivity index (χ2n) is 6.48. The van der Waals surface area contributed by atoms with Crippen molar-refractivity contribution in [3.63, 3.8) is 0 Å². The van der Waals surface area contributed by atoms with Gasteiger partial charge in [0, 0.05) is 12.1 Å². The van der Waals surface area contributed by atoms with E-state index in [0.717, 1.165) is 25.7 Å². The van der Waals surface area contributed by atoms with E-state index in [-0.39, 0.29) is 29.3 Å². The van der Waals surface area contributed by atoms with E-state index in [2.05, 4.69) is 5.32 Å². The van der Waals surface area contributed by atoms with Crippen molar-refractivity contribution in [3.8, 4) is 0 Å². The Morgan fingerprint density at radius 3 is 2.46 bits per heavy atom. The minimum Gasteiger partial charge on any atom is -0.330 e. The molecule has 7 heteroatoms. The second-order valence-corrected chi connectivity index (χ2v) is 6.48. The molecule has 3 nitrogen and oxygen atoms in total. The molecule has 3 N–H and O–H groups in total. The van der Waals surface area contributed by atoms with Crippen molar-refractivity contribution in [1.82, 2.24) is 0 Å². The van der Waals surface area contributed by atoms with Gasteiger partial charge in [-0.2, -0.15) is 13.2 Å². The lowest BCUT2D eigenvalue weighted by atomic mass is 9.71. The third kappa shape index (κ3) is 6.32. The molecule has 1 amide bonds. The Labute approximate surface area is 146 Å². The SMILES string of the molecule is Cl.NCC1(CC(=O)Nc2cccc(CC(F)(F)F)c2)CCCCC1. The smallest absolute Gasteiger partial charge is 0.330 e. The molecule has 1 aromatic rings. The normalized spacial score (nSPS) is 17.0. The highest BCUT2D eigenvalue weighted by atomic mass is 35.5. The van der Waals surface area contributed by atoms with Crippen LogP contribution in [0.5, 0.6) is 0 Å². The molecular weight excluding hydrogens is 341 g/mol. The zero-order valence-corrected chi connectivity index (χ0v) is 14.3. The lowest BCUT2D eigenvalue weighted by molar-refractivity contribution is -0.127. The number of hydrogen-bond donors (Lipinski definition) is 2. The topological polar surface area (TPSA) is 55.1 Å². The molecule has 1 aromatic carbocycles. The number of benzene rings is 1. The molecule has 1 fully saturated rings. The van der Waals surface area contributed by atoms with Crippen LogP contribution >= 0.6 is 12.4 Å². The molecule has 0 bridgehead atoms. The Morgan fingerprint density at radius 1 is 1.21 bits per heavy atom. The molecular formula is C17H24ClF3N2O. The van der Waals surface area contributed by atoms with Crippen LogP contribution in [-0.2, 0) is 11.2 Å². The van der Waals surface area contributed by atoms with E-state index >= 15 is 0 Å². The van der Waals surface area contributed by atoms with Gasteiger partial charge in [0.25, 0.3) is 0 Å². The van der Waals surface area contributed by atoms with E-state index in [1.54, 1.807) is 6.07 Å². The van der Waals surface area contributed by atoms with Crippen LogP contribution in [0.25, 0.3) is 0 Å². The summed E-state index contributed by atoms with van der Waals surface area (Å²) in [6, 6.07) is 5.91. The molecule has 0 aliphatic heterocycles. The predicted octanol–water partition coefficient (Wildman–Crippen LogP) is 4.45. The molecule has 0 radical (unpaired) electrons. The fourth-order valence-electron chi connectivity index (χ4n) is 3.29. The number of nitrogens with one attached hydrogen (secondary N) is 1. The maximum absolute atomic E-state index is 12.4. The van der Waals surface area contributed by atoms with Gasteiger partial charge in [0.05, 0.1) is 6.42 Å². The highest BCUT2D eigenvalue weighted by Gasteiger charge is 2.33. The third-order valence-corrected chi connectivity index (χ3v) is 4.50. The quantitative estimate of drug-likeness (QED) is 0.810. The highest BCUT2D eigenvalue weighted by Crippen LogP contribution is 2.38. The lowest BCUT2D eigenvalue weighted by Gasteiger charge is -2.35. The van der Waals surface area contributed by atoms with Crippen LogP contribution in [0.3, 0.4) is 0 Å². The summed E-state index contributed by atoms with van der Waals surface area (Å²) < 4.78 is 37.3. The Kier molecular flexibility index (Phi) is 7.55. The molecule has 1 aliphatic carbocycles. The first-order chi connectivity index (χ1) is 10.8. The van der Waals surface area contributed by atoms with Gasteiger partial charge in [-0.25, -0.2) is 0 Å². The molecule has 2 rings (SSSR count). The summed E-state index contributed by atoms with van der Waals surface area (Å²) in [4.78, 5) is 12.3. The van der Waals surface area contributed by atoms with Crippen LogP contribution in [0.1, 0.15) is 44.1 Å². The molecule has 0 heterocycles. The van der Waals surface area contributed by atoms with E-state index in [4.69, 9.17) is 5.73 Å². The Hall–Kier alpha value is -1.27. The molecule has 0 aromatic heterocycles. The van der Waals surface area contributed by atoms with Crippen LogP contribution in [0, 0.1) is 5.41 Å². The summed E-state index contributed by atoms with van der Waals surface area (Å²) in [6.07, 6.45) is 0.265. The number of halogens is 4. The summed E-state index contributed by atoms with van der Waals surface area (Å²) in [6.45, 7) is 0.467. The predicted molar refractivity (Wildman–Crippen MR) is 91.3 cm³/mol. The van der Waals surface area contributed by atoms with Crippen LogP contribution in [0.2, 0.25) is 0 Å². The number of rotatable bonds is 5. The van der Waals surface area contributed by atoms with Crippen LogP contribution < -0.4 is 11.1 Å². The monoisotopic (exact) mass is 364 g/mol. The van der Waals surface area contributed by atoms with Gasteiger partial charge in [-0.05, 0) is 42.5 Å². The fourth-order valence-corrected chi connectivity index (χ4v) is 3.29. The Balaban J connectivity index is 0.00000288. The van der Waals surface area contributed by atoms with Gasteiger partial charge in [0.2, 0.25) is 5.91 Å². The van der Waals surface area contributed by atoms with Crippen molar-refractivity contribution in [1.29, 1.82) is 0 Å². The molecule has 0 saturated heterocycles. The first-order valence-electron chi connectivity index (χ1n) is 7.98. The van der Waals surface area contributed by atoms with E-state index in [1.807, 2.05) is 0 Å². The van der Waals surface area contributed by atoms with E-state index in [1.165, 1.54) is 24.6 Å². The molecule has 136 valence electrons. The summed E-state index contributed by atoms with van der Waals surface area (Å²) in [5, 5.41) is 2.71. The number of carbonyl (C=O) groups excluding carboxylic acids is 1. The van der Waals surface area contributed by atoms with Crippen molar-refractivity contribution in [2.75, 3.05) is 11.9 Å². The minimum absolute atomic E-state index is 0. The van der Waals surface area contributed by atoms with E-state index in [9.17, 15) is 18.0 Å². The van der Waals surface area contributed by atoms with Crippen molar-refractivity contribution in [2.24, 2.45) is 11.1 Å². The van der Waals surface area contributed by atoms with E-state index in [0.29, 0.717) is 18.7 Å². The minimum atomic E-state index is -4.26. The number of anilines is 1. The summed E-state index contributed by atoms with van der Waals surface area (Å²) in [5.74, 6) is -0.179. The van der Waals surface area contributed by atoms with Gasteiger partial charge in [-0.3, -0.25) is 4.79 Å². The van der Waals surface area contributed by atoms with Crippen LogP contribution in [-0.4, -0.2) is 18.6 Å². The molecule has 1 saturated carbocycles. The lowest BCUT2D eigenvalue weighted by Crippen LogP contribution is -2.36. The van der Waals surface area contributed by atoms with Crippen LogP contribution in [0.15, 0.2) is 24.3 Å². The molecule has 1 aliphatic rings. The number of carbonyl (C=O) groups is 1. The molecule has 0 spiro atoms. The molecule has 0 unspecified atom stereocenters. The number of nitrogens with two attached hydrogens (primary N) is 1. The summed E-state index contributed by atoms with van der Waals surface area (Å²) in [7, 11) is 0. The van der Waals surface area contributed by atoms with Crippen LogP contribution in [0.4, 0.5) is 18.9 Å². The summed E-state index contributed by atoms with van der Waals surface area (Å²) in [5.41, 5.74) is 6.25. The van der Waals surface area contributed by atoms with Crippen molar-refractivity contribution in [2.45, 2.75) is 51.1 Å². The zero-order chi connectivity index (χ0) is 16.9. The fraction of sp³-hybridized carbons (Fsp3) is 0.588. The standard InChI is InChI=1S/C17H23F3N2O.ClH/c18-17(19,20)10-13-5-4-6-14(9-13)22-15(23)11-16(12-21)7-2-1-3-8-16;/h4-6,9H,1-3,7-8,10-12,21H2,(H,22,23);1H. The number of amides is 1. The van der Waals surface area contributed by atoms with Gasteiger partial charge >= 0.3 is 6.18 Å². The van der Waals surface area contributed by atoms with Gasteiger partial charge in [-0.15, -0.1) is 12.4 Å². The first-order valence-corrected chi connectivity index (χ1v) is 7.98. The average Bonchev–Trinajstić information content (AvgIpc) is 2.46. The van der Waals surface area contributed by atoms with Gasteiger partial charge in [-0.1, -0.05) is 31.4 Å². The number of hydrogen-bond acceptors (Lipinski definition) is 2. The maximum atomic E-state index is 12.4. The van der Waals surface area contributed by atoms with Crippen molar-refractivity contribution >= 4 is 24.0 Å². The Bertz CT molecular complexity index is 543. The number of alkyl halides is 3. The molecule has 24 heavy (non-hydrogen) atoms. The van der Waals surface area contributed by atoms with Crippen molar-refractivity contribution < 1.29 is 18.0 Å². The van der Waals surface area contributed by atoms with E-state index < -0.39 is 12.6 Å². The summed E-state index contributed by atoms with van der Waals surface area (Å²) >= 11 is 0. The first kappa shape index (κ1) is 20.8. The van der Waals surface area contributed by atoms with Gasteiger partial charge in [0.15, 0.2) is 0 Å². The zero-order valence-electron chi connectivity index (χ0n) is 13.5. The van der Waals surface area contributed by atoms with Crippen molar-refractivity contribution in [3.05, 3.63) is 29.8 Å².